The third kappa shape index (κ3) is 2.25. The summed E-state index contributed by atoms with van der Waals surface area (Å²) in [4.78, 5) is 6.31. The number of H-pyrrole nitrogens is 1. The summed E-state index contributed by atoms with van der Waals surface area (Å²) in [5.41, 5.74) is 7.57. The van der Waals surface area contributed by atoms with Crippen LogP contribution in [-0.4, -0.2) is 4.98 Å². The first kappa shape index (κ1) is 16.3. The van der Waals surface area contributed by atoms with Gasteiger partial charge in [0.05, 0.1) is 0 Å². The van der Waals surface area contributed by atoms with Crippen molar-refractivity contribution in [2.24, 2.45) is 0 Å². The molecule has 5 aromatic carbocycles. The van der Waals surface area contributed by atoms with Crippen LogP contribution in [-0.2, 0) is 0 Å². The van der Waals surface area contributed by atoms with Crippen molar-refractivity contribution in [3.05, 3.63) is 97.1 Å². The number of benzene rings is 5. The molecule has 0 saturated heterocycles. The largest absolute Gasteiger partial charge is 0.354 e. The molecule has 2 heteroatoms. The summed E-state index contributed by atoms with van der Waals surface area (Å²) < 4.78 is 0. The molecule has 0 radical (unpaired) electrons. The molecule has 6 aromatic rings. The first-order valence-corrected chi connectivity index (χ1v) is 11.0. The average molecular weight is 400 g/mol. The lowest BCUT2D eigenvalue weighted by atomic mass is 9.96. The molecule has 0 fully saturated rings. The number of nitrogens with one attached hydrogen (secondary N) is 1. The molecule has 1 aliphatic heterocycles. The summed E-state index contributed by atoms with van der Waals surface area (Å²) in [5, 5.41) is 5.26. The molecule has 7 rings (SSSR count). The molecule has 1 nitrogen and oxygen atoms in total. The maximum Gasteiger partial charge on any atom is 0.0476 e. The Hall–Kier alpha value is -3.49. The molecular formula is C28H17NS. The van der Waals surface area contributed by atoms with Crippen LogP contribution < -0.4 is 0 Å². The maximum absolute atomic E-state index is 3.64. The van der Waals surface area contributed by atoms with E-state index in [1.165, 1.54) is 64.6 Å². The molecule has 2 heterocycles. The second-order valence-electron chi connectivity index (χ2n) is 7.91. The molecule has 1 aromatic heterocycles. The highest BCUT2D eigenvalue weighted by Crippen LogP contribution is 2.49. The first-order valence-electron chi connectivity index (χ1n) is 10.2. The number of fused-ring (bicyclic) bond motifs is 5. The quantitative estimate of drug-likeness (QED) is 0.294. The molecule has 140 valence electrons. The number of rotatable bonds is 1. The standard InChI is InChI=1S/C28H17NS/c1-2-6-17(7-3-1)19-12-13-24-21(14-19)22-15-23-20-10-4-8-18-9-5-11-26(28(18)20)30-27(23)16-25(22)29-24/h1-16,29H. The van der Waals surface area contributed by atoms with E-state index in [4.69, 9.17) is 0 Å². The van der Waals surface area contributed by atoms with Gasteiger partial charge >= 0.3 is 0 Å². The molecule has 0 spiro atoms. The van der Waals surface area contributed by atoms with Crippen LogP contribution in [0.25, 0.3) is 54.8 Å². The number of hydrogen-bond acceptors (Lipinski definition) is 1. The van der Waals surface area contributed by atoms with Crippen LogP contribution >= 0.6 is 11.8 Å². The second kappa shape index (κ2) is 6.01. The molecule has 1 N–H and O–H groups in total. The van der Waals surface area contributed by atoms with E-state index in [1.54, 1.807) is 0 Å². The highest BCUT2D eigenvalue weighted by molar-refractivity contribution is 7.99. The van der Waals surface area contributed by atoms with Crippen LogP contribution in [0.3, 0.4) is 0 Å². The summed E-state index contributed by atoms with van der Waals surface area (Å²) in [6, 6.07) is 35.3. The number of aromatic amines is 1. The minimum Gasteiger partial charge on any atom is -0.354 e. The van der Waals surface area contributed by atoms with E-state index < -0.39 is 0 Å². The van der Waals surface area contributed by atoms with Crippen molar-refractivity contribution in [3.63, 3.8) is 0 Å². The highest BCUT2D eigenvalue weighted by Gasteiger charge is 2.20. The van der Waals surface area contributed by atoms with E-state index in [-0.39, 0.29) is 0 Å². The van der Waals surface area contributed by atoms with E-state index in [2.05, 4.69) is 102 Å². The van der Waals surface area contributed by atoms with Gasteiger partial charge in [0.1, 0.15) is 0 Å². The Labute approximate surface area is 178 Å². The fraction of sp³-hybridized carbons (Fsp3) is 0. The Morgan fingerprint density at radius 1 is 0.533 bits per heavy atom. The van der Waals surface area contributed by atoms with Gasteiger partial charge in [-0.3, -0.25) is 0 Å². The van der Waals surface area contributed by atoms with E-state index in [9.17, 15) is 0 Å². The lowest BCUT2D eigenvalue weighted by molar-refractivity contribution is 1.40. The zero-order valence-corrected chi connectivity index (χ0v) is 17.0. The molecular weight excluding hydrogens is 382 g/mol. The van der Waals surface area contributed by atoms with Gasteiger partial charge in [-0.15, -0.1) is 0 Å². The predicted octanol–water partition coefficient (Wildman–Crippen LogP) is 8.27. The Morgan fingerprint density at radius 2 is 1.37 bits per heavy atom. The maximum atomic E-state index is 3.64. The smallest absolute Gasteiger partial charge is 0.0476 e. The average Bonchev–Trinajstić information content (AvgIpc) is 3.15. The summed E-state index contributed by atoms with van der Waals surface area (Å²) in [7, 11) is 0. The van der Waals surface area contributed by atoms with Gasteiger partial charge in [-0.2, -0.15) is 0 Å². The van der Waals surface area contributed by atoms with Crippen molar-refractivity contribution in [1.82, 2.24) is 4.98 Å². The molecule has 0 amide bonds. The fourth-order valence-corrected chi connectivity index (χ4v) is 5.94. The Morgan fingerprint density at radius 3 is 2.27 bits per heavy atom. The van der Waals surface area contributed by atoms with E-state index in [0.717, 1.165) is 0 Å². The third-order valence-electron chi connectivity index (χ3n) is 6.18. The van der Waals surface area contributed by atoms with Crippen molar-refractivity contribution < 1.29 is 0 Å². The van der Waals surface area contributed by atoms with Crippen molar-refractivity contribution in [2.45, 2.75) is 9.79 Å². The molecule has 0 unspecified atom stereocenters. The molecule has 0 saturated carbocycles. The van der Waals surface area contributed by atoms with E-state index in [1.807, 2.05) is 11.8 Å². The Balaban J connectivity index is 1.52. The molecule has 1 aliphatic rings. The van der Waals surface area contributed by atoms with Gasteiger partial charge in [-0.25, -0.2) is 0 Å². The summed E-state index contributed by atoms with van der Waals surface area (Å²) in [6.45, 7) is 0. The van der Waals surface area contributed by atoms with Gasteiger partial charge in [-0.05, 0) is 58.0 Å². The second-order valence-corrected chi connectivity index (χ2v) is 8.99. The van der Waals surface area contributed by atoms with Crippen LogP contribution in [0.1, 0.15) is 0 Å². The zero-order valence-electron chi connectivity index (χ0n) is 16.1. The fourth-order valence-electron chi connectivity index (χ4n) is 4.77. The molecule has 30 heavy (non-hydrogen) atoms. The normalized spacial score (nSPS) is 12.5. The lowest BCUT2D eigenvalue weighted by Crippen LogP contribution is -1.92. The molecule has 0 bridgehead atoms. The summed E-state index contributed by atoms with van der Waals surface area (Å²) in [5.74, 6) is 0. The lowest BCUT2D eigenvalue weighted by Gasteiger charge is -2.20. The summed E-state index contributed by atoms with van der Waals surface area (Å²) in [6.07, 6.45) is 0. The molecule has 0 aliphatic carbocycles. The van der Waals surface area contributed by atoms with Gasteiger partial charge in [0.2, 0.25) is 0 Å². The van der Waals surface area contributed by atoms with Crippen LogP contribution in [0.5, 0.6) is 0 Å². The topological polar surface area (TPSA) is 15.8 Å². The van der Waals surface area contributed by atoms with Crippen LogP contribution in [0.2, 0.25) is 0 Å². The zero-order chi connectivity index (χ0) is 19.7. The Bertz CT molecular complexity index is 1600. The van der Waals surface area contributed by atoms with Gasteiger partial charge < -0.3 is 4.98 Å². The monoisotopic (exact) mass is 399 g/mol. The number of hydrogen-bond donors (Lipinski definition) is 1. The van der Waals surface area contributed by atoms with Crippen molar-refractivity contribution in [3.8, 4) is 22.3 Å². The highest BCUT2D eigenvalue weighted by atomic mass is 32.2. The van der Waals surface area contributed by atoms with Gasteiger partial charge in [0.15, 0.2) is 0 Å². The predicted molar refractivity (Wildman–Crippen MR) is 128 cm³/mol. The molecule has 0 atom stereocenters. The van der Waals surface area contributed by atoms with Gasteiger partial charge in [0.25, 0.3) is 0 Å². The van der Waals surface area contributed by atoms with Crippen molar-refractivity contribution >= 4 is 44.3 Å². The summed E-state index contributed by atoms with van der Waals surface area (Å²) >= 11 is 1.88. The van der Waals surface area contributed by atoms with Crippen LogP contribution in [0, 0.1) is 0 Å². The third-order valence-corrected chi connectivity index (χ3v) is 7.30. The van der Waals surface area contributed by atoms with Gasteiger partial charge in [-0.1, -0.05) is 78.5 Å². The van der Waals surface area contributed by atoms with Crippen LogP contribution in [0.4, 0.5) is 0 Å². The van der Waals surface area contributed by atoms with E-state index in [0.29, 0.717) is 0 Å². The van der Waals surface area contributed by atoms with E-state index >= 15 is 0 Å². The first-order chi connectivity index (χ1) is 14.8. The van der Waals surface area contributed by atoms with Crippen molar-refractivity contribution in [2.75, 3.05) is 0 Å². The van der Waals surface area contributed by atoms with Crippen molar-refractivity contribution in [1.29, 1.82) is 0 Å². The SMILES string of the molecule is c1ccc(-c2ccc3[nH]c4cc5c(cc4c3c2)-c2cccc3cccc(c23)S5)cc1. The minimum atomic E-state index is 1.19. The Kier molecular flexibility index (Phi) is 3.27. The van der Waals surface area contributed by atoms with Crippen LogP contribution in [0.15, 0.2) is 107 Å². The number of aromatic nitrogens is 1. The minimum absolute atomic E-state index is 1.19. The van der Waals surface area contributed by atoms with Gasteiger partial charge in [0, 0.05) is 37.0 Å².